The van der Waals surface area contributed by atoms with Gasteiger partial charge in [-0.05, 0) is 43.5 Å². The molecule has 0 aliphatic carbocycles. The van der Waals surface area contributed by atoms with Gasteiger partial charge in [-0.2, -0.15) is 0 Å². The molecule has 0 saturated carbocycles. The van der Waals surface area contributed by atoms with Gasteiger partial charge in [0.15, 0.2) is 0 Å². The van der Waals surface area contributed by atoms with Gasteiger partial charge < -0.3 is 14.8 Å². The second kappa shape index (κ2) is 5.85. The minimum absolute atomic E-state index is 0.0341. The lowest BCUT2D eigenvalue weighted by Gasteiger charge is -2.34. The number of aromatic nitrogens is 1. The van der Waals surface area contributed by atoms with Crippen LogP contribution in [-0.2, 0) is 6.54 Å². The summed E-state index contributed by atoms with van der Waals surface area (Å²) < 4.78 is 2.21. The first-order chi connectivity index (χ1) is 10.2. The van der Waals surface area contributed by atoms with Gasteiger partial charge in [-0.15, -0.1) is 11.8 Å². The van der Waals surface area contributed by atoms with E-state index in [2.05, 4.69) is 29.1 Å². The van der Waals surface area contributed by atoms with Crippen LogP contribution in [0.5, 0.6) is 0 Å². The summed E-state index contributed by atoms with van der Waals surface area (Å²) in [5.41, 5.74) is 2.04. The van der Waals surface area contributed by atoms with Gasteiger partial charge in [-0.1, -0.05) is 6.07 Å². The van der Waals surface area contributed by atoms with Crippen LogP contribution in [0.1, 0.15) is 18.7 Å². The van der Waals surface area contributed by atoms with Crippen LogP contribution in [0.3, 0.4) is 0 Å². The molecular weight excluding hydrogens is 282 g/mol. The van der Waals surface area contributed by atoms with Crippen molar-refractivity contribution in [2.24, 2.45) is 0 Å². The number of nitrogens with zero attached hydrogens (tertiary/aromatic N) is 2. The van der Waals surface area contributed by atoms with Gasteiger partial charge >= 0.3 is 6.03 Å². The number of anilines is 1. The molecule has 1 aromatic heterocycles. The highest BCUT2D eigenvalue weighted by atomic mass is 32.2. The predicted molar refractivity (Wildman–Crippen MR) is 86.8 cm³/mol. The van der Waals surface area contributed by atoms with E-state index in [0.717, 1.165) is 23.7 Å². The number of carbonyl (C=O) groups is 1. The minimum Gasteiger partial charge on any atom is -0.348 e. The van der Waals surface area contributed by atoms with Gasteiger partial charge in [-0.25, -0.2) is 4.79 Å². The molecule has 2 heterocycles. The number of carbonyl (C=O) groups excluding carboxylic acids is 1. The number of thioether (sulfide) groups is 1. The molecule has 1 aliphatic heterocycles. The summed E-state index contributed by atoms with van der Waals surface area (Å²) in [6.45, 7) is 3.66. The molecular formula is C16H19N3OS. The SMILES string of the molecule is CSc1cccc(NC(=O)N2CCn3cccc3C2C)c1. The second-order valence-electron chi connectivity index (χ2n) is 5.16. The third-order valence-electron chi connectivity index (χ3n) is 3.92. The first-order valence-corrected chi connectivity index (χ1v) is 8.28. The number of fused-ring (bicyclic) bond motifs is 1. The van der Waals surface area contributed by atoms with E-state index in [1.807, 2.05) is 41.5 Å². The molecule has 1 aliphatic rings. The van der Waals surface area contributed by atoms with Crippen molar-refractivity contribution < 1.29 is 4.79 Å². The molecule has 0 saturated heterocycles. The fourth-order valence-electron chi connectivity index (χ4n) is 2.75. The summed E-state index contributed by atoms with van der Waals surface area (Å²) >= 11 is 1.67. The molecule has 110 valence electrons. The Labute approximate surface area is 129 Å². The number of nitrogens with one attached hydrogen (secondary N) is 1. The Balaban J connectivity index is 1.74. The number of hydrogen-bond donors (Lipinski definition) is 1. The van der Waals surface area contributed by atoms with Crippen molar-refractivity contribution >= 4 is 23.5 Å². The molecule has 3 rings (SSSR count). The molecule has 0 fully saturated rings. The van der Waals surface area contributed by atoms with Crippen LogP contribution in [0, 0.1) is 0 Å². The first-order valence-electron chi connectivity index (χ1n) is 7.06. The lowest BCUT2D eigenvalue weighted by molar-refractivity contribution is 0.175. The monoisotopic (exact) mass is 301 g/mol. The number of amides is 2. The number of benzene rings is 1. The van der Waals surface area contributed by atoms with Gasteiger partial charge in [0.1, 0.15) is 0 Å². The first kappa shape index (κ1) is 14.1. The van der Waals surface area contributed by atoms with Gasteiger partial charge in [0, 0.05) is 35.6 Å². The smallest absolute Gasteiger partial charge is 0.322 e. The Bertz CT molecular complexity index is 652. The molecule has 5 heteroatoms. The summed E-state index contributed by atoms with van der Waals surface area (Å²) in [5, 5.41) is 3.00. The van der Waals surface area contributed by atoms with Crippen LogP contribution < -0.4 is 5.32 Å². The van der Waals surface area contributed by atoms with Crippen molar-refractivity contribution in [3.05, 3.63) is 48.3 Å². The van der Waals surface area contributed by atoms with E-state index in [1.54, 1.807) is 11.8 Å². The summed E-state index contributed by atoms with van der Waals surface area (Å²) in [6, 6.07) is 12.1. The zero-order valence-corrected chi connectivity index (χ0v) is 13.1. The molecule has 2 amide bonds. The number of rotatable bonds is 2. The van der Waals surface area contributed by atoms with E-state index in [1.165, 1.54) is 5.69 Å². The predicted octanol–water partition coefficient (Wildman–Crippen LogP) is 3.82. The number of urea groups is 1. The highest BCUT2D eigenvalue weighted by Crippen LogP contribution is 2.26. The third-order valence-corrected chi connectivity index (χ3v) is 4.65. The van der Waals surface area contributed by atoms with E-state index in [9.17, 15) is 4.79 Å². The summed E-state index contributed by atoms with van der Waals surface area (Å²) in [7, 11) is 0. The molecule has 1 aromatic carbocycles. The second-order valence-corrected chi connectivity index (χ2v) is 6.04. The van der Waals surface area contributed by atoms with Crippen LogP contribution in [0.4, 0.5) is 10.5 Å². The molecule has 0 bridgehead atoms. The van der Waals surface area contributed by atoms with Crippen molar-refractivity contribution in [2.45, 2.75) is 24.4 Å². The molecule has 4 nitrogen and oxygen atoms in total. The molecule has 1 atom stereocenters. The standard InChI is InChI=1S/C16H19N3OS/c1-12-15-7-4-8-18(15)9-10-19(12)16(20)17-13-5-3-6-14(11-13)21-2/h3-8,11-12H,9-10H2,1-2H3,(H,17,20). The highest BCUT2D eigenvalue weighted by Gasteiger charge is 2.27. The maximum Gasteiger partial charge on any atom is 0.322 e. The van der Waals surface area contributed by atoms with Gasteiger partial charge in [0.05, 0.1) is 6.04 Å². The maximum atomic E-state index is 12.5. The van der Waals surface area contributed by atoms with Crippen LogP contribution in [0.15, 0.2) is 47.5 Å². The highest BCUT2D eigenvalue weighted by molar-refractivity contribution is 7.98. The molecule has 21 heavy (non-hydrogen) atoms. The van der Waals surface area contributed by atoms with Gasteiger partial charge in [0.25, 0.3) is 0 Å². The summed E-state index contributed by atoms with van der Waals surface area (Å²) in [5.74, 6) is 0. The Morgan fingerprint density at radius 2 is 2.14 bits per heavy atom. The summed E-state index contributed by atoms with van der Waals surface area (Å²) in [4.78, 5) is 15.5. The van der Waals surface area contributed by atoms with Gasteiger partial charge in [-0.3, -0.25) is 0 Å². The minimum atomic E-state index is -0.0341. The van der Waals surface area contributed by atoms with E-state index < -0.39 is 0 Å². The zero-order valence-electron chi connectivity index (χ0n) is 12.2. The van der Waals surface area contributed by atoms with E-state index in [-0.39, 0.29) is 12.1 Å². The van der Waals surface area contributed by atoms with Crippen molar-refractivity contribution in [3.63, 3.8) is 0 Å². The van der Waals surface area contributed by atoms with Crippen LogP contribution >= 0.6 is 11.8 Å². The average molecular weight is 301 g/mol. The molecule has 1 unspecified atom stereocenters. The van der Waals surface area contributed by atoms with Crippen molar-refractivity contribution in [1.29, 1.82) is 0 Å². The molecule has 1 N–H and O–H groups in total. The number of hydrogen-bond acceptors (Lipinski definition) is 2. The van der Waals surface area contributed by atoms with E-state index in [0.29, 0.717) is 0 Å². The Morgan fingerprint density at radius 1 is 1.29 bits per heavy atom. The molecule has 2 aromatic rings. The van der Waals surface area contributed by atoms with Crippen LogP contribution in [0.2, 0.25) is 0 Å². The lowest BCUT2D eigenvalue weighted by atomic mass is 10.1. The fourth-order valence-corrected chi connectivity index (χ4v) is 3.21. The van der Waals surface area contributed by atoms with E-state index >= 15 is 0 Å². The lowest BCUT2D eigenvalue weighted by Crippen LogP contribution is -2.42. The Morgan fingerprint density at radius 3 is 2.95 bits per heavy atom. The van der Waals surface area contributed by atoms with Crippen LogP contribution in [0.25, 0.3) is 0 Å². The zero-order chi connectivity index (χ0) is 14.8. The Hall–Kier alpha value is -1.88. The molecule has 0 spiro atoms. The average Bonchev–Trinajstić information content (AvgIpc) is 2.97. The van der Waals surface area contributed by atoms with Crippen molar-refractivity contribution in [1.82, 2.24) is 9.47 Å². The Kier molecular flexibility index (Phi) is 3.92. The van der Waals surface area contributed by atoms with Gasteiger partial charge in [0.2, 0.25) is 0 Å². The molecule has 0 radical (unpaired) electrons. The summed E-state index contributed by atoms with van der Waals surface area (Å²) in [6.07, 6.45) is 4.10. The van der Waals surface area contributed by atoms with Crippen molar-refractivity contribution in [3.8, 4) is 0 Å². The largest absolute Gasteiger partial charge is 0.348 e. The van der Waals surface area contributed by atoms with Crippen molar-refractivity contribution in [2.75, 3.05) is 18.1 Å². The normalized spacial score (nSPS) is 17.4. The topological polar surface area (TPSA) is 37.3 Å². The quantitative estimate of drug-likeness (QED) is 0.856. The van der Waals surface area contributed by atoms with Crippen LogP contribution in [-0.4, -0.2) is 28.3 Å². The maximum absolute atomic E-state index is 12.5. The van der Waals surface area contributed by atoms with E-state index in [4.69, 9.17) is 0 Å². The third kappa shape index (κ3) is 2.78. The fraction of sp³-hybridized carbons (Fsp3) is 0.312.